The van der Waals surface area contributed by atoms with Crippen molar-refractivity contribution < 1.29 is 9.32 Å². The Morgan fingerprint density at radius 3 is 2.80 bits per heavy atom. The minimum absolute atomic E-state index is 0.0347. The number of carbonyl (C=O) groups excluding carboxylic acids is 1. The van der Waals surface area contributed by atoms with E-state index in [1.165, 1.54) is 0 Å². The Morgan fingerprint density at radius 2 is 2.12 bits per heavy atom. The first kappa shape index (κ1) is 15.8. The summed E-state index contributed by atoms with van der Waals surface area (Å²) in [5.41, 5.74) is 2.99. The third-order valence-electron chi connectivity index (χ3n) is 5.05. The molecule has 1 saturated carbocycles. The number of aryl methyl sites for hydroxylation is 1. The van der Waals surface area contributed by atoms with Gasteiger partial charge in [-0.25, -0.2) is 4.98 Å². The fourth-order valence-electron chi connectivity index (χ4n) is 3.40. The third-order valence-corrected chi connectivity index (χ3v) is 5.05. The zero-order valence-electron chi connectivity index (χ0n) is 14.4. The van der Waals surface area contributed by atoms with E-state index in [0.717, 1.165) is 29.5 Å². The standard InChI is InChI=1S/C20H21N3O2/c1-3-17-16-10-14(11-21-20(16)25-23-17)19(24)22-18(15-9-12(15)2)13-7-5-4-6-8-13/h4-8,10-12,15,18H,3,9H2,1-2H3,(H,22,24). The summed E-state index contributed by atoms with van der Waals surface area (Å²) in [4.78, 5) is 17.1. The van der Waals surface area contributed by atoms with E-state index in [2.05, 4.69) is 34.5 Å². The molecule has 3 aromatic rings. The van der Waals surface area contributed by atoms with Crippen LogP contribution in [0.5, 0.6) is 0 Å². The Labute approximate surface area is 146 Å². The largest absolute Gasteiger partial charge is 0.345 e. The lowest BCUT2D eigenvalue weighted by molar-refractivity contribution is 0.0930. The number of nitrogens with one attached hydrogen (secondary N) is 1. The highest BCUT2D eigenvalue weighted by Gasteiger charge is 2.41. The summed E-state index contributed by atoms with van der Waals surface area (Å²) in [5.74, 6) is 1.02. The summed E-state index contributed by atoms with van der Waals surface area (Å²) in [5, 5.41) is 8.02. The Bertz CT molecular complexity index is 904. The first-order valence-corrected chi connectivity index (χ1v) is 8.77. The number of amides is 1. The van der Waals surface area contributed by atoms with Crippen molar-refractivity contribution in [3.05, 3.63) is 59.4 Å². The molecular formula is C20H21N3O2. The highest BCUT2D eigenvalue weighted by molar-refractivity contribution is 5.97. The number of fused-ring (bicyclic) bond motifs is 1. The average Bonchev–Trinajstić information content (AvgIpc) is 3.22. The Balaban J connectivity index is 1.61. The second-order valence-corrected chi connectivity index (χ2v) is 6.80. The van der Waals surface area contributed by atoms with Crippen molar-refractivity contribution in [1.82, 2.24) is 15.5 Å². The number of rotatable bonds is 5. The van der Waals surface area contributed by atoms with E-state index in [9.17, 15) is 4.79 Å². The number of carbonyl (C=O) groups is 1. The summed E-state index contributed by atoms with van der Waals surface area (Å²) >= 11 is 0. The number of hydrogen-bond acceptors (Lipinski definition) is 4. The normalized spacial score (nSPS) is 20.4. The van der Waals surface area contributed by atoms with Crippen LogP contribution < -0.4 is 5.32 Å². The number of hydrogen-bond donors (Lipinski definition) is 1. The second kappa shape index (κ2) is 6.31. The van der Waals surface area contributed by atoms with Gasteiger partial charge in [0.05, 0.1) is 22.7 Å². The molecule has 25 heavy (non-hydrogen) atoms. The monoisotopic (exact) mass is 335 g/mol. The Kier molecular flexibility index (Phi) is 3.99. The summed E-state index contributed by atoms with van der Waals surface area (Å²) < 4.78 is 5.19. The molecule has 4 rings (SSSR count). The zero-order chi connectivity index (χ0) is 17.4. The van der Waals surface area contributed by atoms with Gasteiger partial charge in [0.1, 0.15) is 0 Å². The van der Waals surface area contributed by atoms with Gasteiger partial charge >= 0.3 is 0 Å². The summed E-state index contributed by atoms with van der Waals surface area (Å²) in [6, 6.07) is 12.0. The van der Waals surface area contributed by atoms with Crippen LogP contribution in [0.2, 0.25) is 0 Å². The van der Waals surface area contributed by atoms with E-state index in [-0.39, 0.29) is 11.9 Å². The maximum absolute atomic E-state index is 12.8. The molecule has 0 spiro atoms. The molecule has 1 N–H and O–H groups in total. The molecule has 1 amide bonds. The van der Waals surface area contributed by atoms with Crippen molar-refractivity contribution in [1.29, 1.82) is 0 Å². The predicted molar refractivity (Wildman–Crippen MR) is 95.1 cm³/mol. The molecule has 3 unspecified atom stereocenters. The topological polar surface area (TPSA) is 68.0 Å². The lowest BCUT2D eigenvalue weighted by Gasteiger charge is -2.19. The van der Waals surface area contributed by atoms with Crippen LogP contribution in [-0.4, -0.2) is 16.0 Å². The summed E-state index contributed by atoms with van der Waals surface area (Å²) in [7, 11) is 0. The minimum Gasteiger partial charge on any atom is -0.345 e. The smallest absolute Gasteiger partial charge is 0.257 e. The molecule has 2 aromatic heterocycles. The van der Waals surface area contributed by atoms with Crippen molar-refractivity contribution in [2.45, 2.75) is 32.7 Å². The van der Waals surface area contributed by atoms with Crippen LogP contribution in [0.25, 0.3) is 11.1 Å². The maximum Gasteiger partial charge on any atom is 0.257 e. The molecule has 1 aliphatic rings. The van der Waals surface area contributed by atoms with E-state index < -0.39 is 0 Å². The van der Waals surface area contributed by atoms with Gasteiger partial charge in [-0.3, -0.25) is 4.79 Å². The van der Waals surface area contributed by atoms with Crippen molar-refractivity contribution in [2.24, 2.45) is 11.8 Å². The van der Waals surface area contributed by atoms with E-state index >= 15 is 0 Å². The van der Waals surface area contributed by atoms with E-state index in [1.54, 1.807) is 6.20 Å². The highest BCUT2D eigenvalue weighted by atomic mass is 16.5. The predicted octanol–water partition coefficient (Wildman–Crippen LogP) is 3.91. The van der Waals surface area contributed by atoms with Crippen molar-refractivity contribution in [3.63, 3.8) is 0 Å². The lowest BCUT2D eigenvalue weighted by atomic mass is 10.0. The molecule has 5 heteroatoms. The van der Waals surface area contributed by atoms with Gasteiger partial charge in [-0.15, -0.1) is 0 Å². The van der Waals surface area contributed by atoms with Crippen LogP contribution in [0.15, 0.2) is 47.1 Å². The molecule has 2 heterocycles. The van der Waals surface area contributed by atoms with Crippen LogP contribution in [0.1, 0.15) is 47.9 Å². The van der Waals surface area contributed by atoms with Crippen molar-refractivity contribution in [3.8, 4) is 0 Å². The Hall–Kier alpha value is -2.69. The second-order valence-electron chi connectivity index (χ2n) is 6.80. The first-order valence-electron chi connectivity index (χ1n) is 8.77. The fourth-order valence-corrected chi connectivity index (χ4v) is 3.40. The molecule has 1 aromatic carbocycles. The zero-order valence-corrected chi connectivity index (χ0v) is 14.4. The third kappa shape index (κ3) is 3.02. The maximum atomic E-state index is 12.8. The van der Waals surface area contributed by atoms with Crippen LogP contribution >= 0.6 is 0 Å². The molecule has 0 radical (unpaired) electrons. The fraction of sp³-hybridized carbons (Fsp3) is 0.350. The van der Waals surface area contributed by atoms with Gasteiger partial charge in [0.2, 0.25) is 0 Å². The highest BCUT2D eigenvalue weighted by Crippen LogP contribution is 2.47. The van der Waals surface area contributed by atoms with Gasteiger partial charge in [-0.1, -0.05) is 49.3 Å². The quantitative estimate of drug-likeness (QED) is 0.767. The van der Waals surface area contributed by atoms with Crippen LogP contribution in [0.4, 0.5) is 0 Å². The van der Waals surface area contributed by atoms with E-state index in [1.807, 2.05) is 31.2 Å². The average molecular weight is 335 g/mol. The molecule has 0 bridgehead atoms. The van der Waals surface area contributed by atoms with Gasteiger partial charge in [0.15, 0.2) is 0 Å². The van der Waals surface area contributed by atoms with Crippen molar-refractivity contribution in [2.75, 3.05) is 0 Å². The van der Waals surface area contributed by atoms with Gasteiger partial charge in [0.25, 0.3) is 11.6 Å². The van der Waals surface area contributed by atoms with Gasteiger partial charge in [-0.05, 0) is 36.3 Å². The number of benzene rings is 1. The molecule has 3 atom stereocenters. The number of nitrogens with zero attached hydrogens (tertiary/aromatic N) is 2. The molecule has 1 fully saturated rings. The Morgan fingerprint density at radius 1 is 1.36 bits per heavy atom. The minimum atomic E-state index is -0.106. The number of aromatic nitrogens is 2. The van der Waals surface area contributed by atoms with Gasteiger partial charge in [-0.2, -0.15) is 0 Å². The molecule has 1 aliphatic carbocycles. The van der Waals surface area contributed by atoms with E-state index in [0.29, 0.717) is 23.1 Å². The molecule has 128 valence electrons. The summed E-state index contributed by atoms with van der Waals surface area (Å²) in [6.07, 6.45) is 3.44. The van der Waals surface area contributed by atoms with Crippen LogP contribution in [-0.2, 0) is 6.42 Å². The lowest BCUT2D eigenvalue weighted by Crippen LogP contribution is -2.30. The summed E-state index contributed by atoms with van der Waals surface area (Å²) in [6.45, 7) is 4.23. The molecule has 0 aliphatic heterocycles. The molecule has 5 nitrogen and oxygen atoms in total. The van der Waals surface area contributed by atoms with E-state index in [4.69, 9.17) is 4.52 Å². The van der Waals surface area contributed by atoms with Crippen LogP contribution in [0, 0.1) is 11.8 Å². The van der Waals surface area contributed by atoms with Crippen LogP contribution in [0.3, 0.4) is 0 Å². The van der Waals surface area contributed by atoms with Gasteiger partial charge < -0.3 is 9.84 Å². The first-order chi connectivity index (χ1) is 12.2. The molecule has 0 saturated heterocycles. The number of pyridine rings is 1. The molecular weight excluding hydrogens is 314 g/mol. The van der Waals surface area contributed by atoms with Gasteiger partial charge in [0, 0.05) is 6.20 Å². The SMILES string of the molecule is CCc1noc2ncc(C(=O)NC(c3ccccc3)C3CC3C)cc12. The van der Waals surface area contributed by atoms with Crippen molar-refractivity contribution >= 4 is 17.0 Å².